The molecule has 0 aromatic heterocycles. The first-order valence-corrected chi connectivity index (χ1v) is 7.01. The van der Waals surface area contributed by atoms with E-state index in [2.05, 4.69) is 5.32 Å². The third-order valence-corrected chi connectivity index (χ3v) is 2.75. The number of aliphatic hydroxyl groups excluding tert-OH is 1. The summed E-state index contributed by atoms with van der Waals surface area (Å²) >= 11 is 0. The SMILES string of the molecule is CC(C)COCC(O)CNC(=O)c1cc(F)cc(C(F)(F)F)c1. The summed E-state index contributed by atoms with van der Waals surface area (Å²) in [5, 5.41) is 11.8. The highest BCUT2D eigenvalue weighted by Gasteiger charge is 2.32. The van der Waals surface area contributed by atoms with Crippen LogP contribution in [0, 0.1) is 11.7 Å². The molecule has 0 aliphatic carbocycles. The van der Waals surface area contributed by atoms with E-state index in [1.165, 1.54) is 0 Å². The van der Waals surface area contributed by atoms with E-state index >= 15 is 0 Å². The average molecular weight is 337 g/mol. The molecule has 2 N–H and O–H groups in total. The average Bonchev–Trinajstić information content (AvgIpc) is 2.42. The number of amides is 1. The summed E-state index contributed by atoms with van der Waals surface area (Å²) in [5.74, 6) is -1.78. The van der Waals surface area contributed by atoms with E-state index < -0.39 is 35.1 Å². The maximum absolute atomic E-state index is 13.2. The summed E-state index contributed by atoms with van der Waals surface area (Å²) < 4.78 is 56.1. The van der Waals surface area contributed by atoms with Crippen molar-refractivity contribution in [2.75, 3.05) is 19.8 Å². The van der Waals surface area contributed by atoms with E-state index in [0.29, 0.717) is 24.8 Å². The predicted octanol–water partition coefficient (Wildman–Crippen LogP) is 2.61. The molecule has 8 heteroatoms. The third-order valence-electron chi connectivity index (χ3n) is 2.75. The van der Waals surface area contributed by atoms with Crippen molar-refractivity contribution in [1.29, 1.82) is 0 Å². The molecule has 1 unspecified atom stereocenters. The predicted molar refractivity (Wildman–Crippen MR) is 75.4 cm³/mol. The molecule has 4 nitrogen and oxygen atoms in total. The molecule has 0 bridgehead atoms. The quantitative estimate of drug-likeness (QED) is 0.752. The van der Waals surface area contributed by atoms with Crippen LogP contribution in [-0.4, -0.2) is 36.9 Å². The molecule has 0 spiro atoms. The van der Waals surface area contributed by atoms with E-state index in [9.17, 15) is 27.5 Å². The molecule has 0 fully saturated rings. The van der Waals surface area contributed by atoms with Crippen molar-refractivity contribution in [3.63, 3.8) is 0 Å². The van der Waals surface area contributed by atoms with Crippen molar-refractivity contribution in [3.05, 3.63) is 35.1 Å². The molecule has 0 saturated heterocycles. The molecule has 130 valence electrons. The van der Waals surface area contributed by atoms with Crippen molar-refractivity contribution in [3.8, 4) is 0 Å². The lowest BCUT2D eigenvalue weighted by atomic mass is 10.1. The number of rotatable bonds is 7. The monoisotopic (exact) mass is 337 g/mol. The molecule has 1 atom stereocenters. The first-order valence-electron chi connectivity index (χ1n) is 7.01. The zero-order chi connectivity index (χ0) is 17.6. The number of carbonyl (C=O) groups excluding carboxylic acids is 1. The van der Waals surface area contributed by atoms with Crippen molar-refractivity contribution >= 4 is 5.91 Å². The fourth-order valence-corrected chi connectivity index (χ4v) is 1.70. The van der Waals surface area contributed by atoms with Crippen molar-refractivity contribution in [2.45, 2.75) is 26.1 Å². The number of alkyl halides is 3. The Labute approximate surface area is 131 Å². The van der Waals surface area contributed by atoms with Crippen LogP contribution in [0.25, 0.3) is 0 Å². The van der Waals surface area contributed by atoms with E-state index in [0.717, 1.165) is 0 Å². The van der Waals surface area contributed by atoms with Gasteiger partial charge in [-0.05, 0) is 24.1 Å². The molecule has 0 aliphatic heterocycles. The van der Waals surface area contributed by atoms with Gasteiger partial charge < -0.3 is 15.2 Å². The normalized spacial score (nSPS) is 13.2. The molecule has 0 aliphatic rings. The Morgan fingerprint density at radius 3 is 2.48 bits per heavy atom. The van der Waals surface area contributed by atoms with Crippen molar-refractivity contribution < 1.29 is 32.2 Å². The highest BCUT2D eigenvalue weighted by Crippen LogP contribution is 2.30. The Kier molecular flexibility index (Phi) is 6.96. The molecule has 0 radical (unpaired) electrons. The van der Waals surface area contributed by atoms with E-state index in [1.807, 2.05) is 13.8 Å². The number of halogens is 4. The smallest absolute Gasteiger partial charge is 0.389 e. The fraction of sp³-hybridized carbons (Fsp3) is 0.533. The van der Waals surface area contributed by atoms with Gasteiger partial charge in [0.2, 0.25) is 0 Å². The number of hydrogen-bond donors (Lipinski definition) is 2. The Balaban J connectivity index is 2.60. The van der Waals surface area contributed by atoms with Gasteiger partial charge in [0.1, 0.15) is 5.82 Å². The lowest BCUT2D eigenvalue weighted by molar-refractivity contribution is -0.137. The molecule has 0 saturated carbocycles. The van der Waals surface area contributed by atoms with Crippen LogP contribution in [0.4, 0.5) is 17.6 Å². The van der Waals surface area contributed by atoms with Crippen LogP contribution in [0.5, 0.6) is 0 Å². The number of benzene rings is 1. The van der Waals surface area contributed by atoms with Crippen LogP contribution in [0.2, 0.25) is 0 Å². The fourth-order valence-electron chi connectivity index (χ4n) is 1.70. The Morgan fingerprint density at radius 2 is 1.91 bits per heavy atom. The molecule has 1 aromatic rings. The van der Waals surface area contributed by atoms with Crippen molar-refractivity contribution in [1.82, 2.24) is 5.32 Å². The van der Waals surface area contributed by atoms with Gasteiger partial charge in [-0.3, -0.25) is 4.79 Å². The molecular weight excluding hydrogens is 318 g/mol. The first kappa shape index (κ1) is 19.4. The summed E-state index contributed by atoms with van der Waals surface area (Å²) in [6.07, 6.45) is -5.75. The second kappa shape index (κ2) is 8.26. The van der Waals surface area contributed by atoms with Crippen LogP contribution in [0.1, 0.15) is 29.8 Å². The van der Waals surface area contributed by atoms with Gasteiger partial charge in [-0.1, -0.05) is 13.8 Å². The second-order valence-electron chi connectivity index (χ2n) is 5.52. The van der Waals surface area contributed by atoms with Gasteiger partial charge in [0.05, 0.1) is 18.3 Å². The van der Waals surface area contributed by atoms with Crippen LogP contribution < -0.4 is 5.32 Å². The minimum absolute atomic E-state index is 0.0184. The number of carbonyl (C=O) groups is 1. The summed E-state index contributed by atoms with van der Waals surface area (Å²) in [5.41, 5.74) is -1.71. The van der Waals surface area contributed by atoms with Gasteiger partial charge in [-0.15, -0.1) is 0 Å². The standard InChI is InChI=1S/C15H19F4NO3/c1-9(2)7-23-8-13(21)6-20-14(22)10-3-11(15(17,18)19)5-12(16)4-10/h3-5,9,13,21H,6-8H2,1-2H3,(H,20,22). The maximum Gasteiger partial charge on any atom is 0.416 e. The minimum atomic E-state index is -4.75. The topological polar surface area (TPSA) is 58.6 Å². The van der Waals surface area contributed by atoms with Gasteiger partial charge in [0, 0.05) is 18.7 Å². The highest BCUT2D eigenvalue weighted by atomic mass is 19.4. The molecule has 1 amide bonds. The lowest BCUT2D eigenvalue weighted by Crippen LogP contribution is -2.35. The van der Waals surface area contributed by atoms with Gasteiger partial charge >= 0.3 is 6.18 Å². The molecule has 1 aromatic carbocycles. The number of nitrogens with one attached hydrogen (secondary N) is 1. The Hall–Kier alpha value is -1.67. The van der Waals surface area contributed by atoms with Gasteiger partial charge in [0.15, 0.2) is 0 Å². The largest absolute Gasteiger partial charge is 0.416 e. The van der Waals surface area contributed by atoms with Crippen molar-refractivity contribution in [2.24, 2.45) is 5.92 Å². The zero-order valence-corrected chi connectivity index (χ0v) is 12.8. The number of ether oxygens (including phenoxy) is 1. The maximum atomic E-state index is 13.2. The minimum Gasteiger partial charge on any atom is -0.389 e. The third kappa shape index (κ3) is 6.96. The zero-order valence-electron chi connectivity index (χ0n) is 12.8. The summed E-state index contributed by atoms with van der Waals surface area (Å²) in [7, 11) is 0. The second-order valence-corrected chi connectivity index (χ2v) is 5.52. The summed E-state index contributed by atoms with van der Waals surface area (Å²) in [4.78, 5) is 11.8. The molecular formula is C15H19F4NO3. The lowest BCUT2D eigenvalue weighted by Gasteiger charge is -2.14. The number of aliphatic hydroxyl groups is 1. The van der Waals surface area contributed by atoms with E-state index in [-0.39, 0.29) is 19.1 Å². The van der Waals surface area contributed by atoms with E-state index in [1.54, 1.807) is 0 Å². The molecule has 1 rings (SSSR count). The Bertz CT molecular complexity index is 532. The Morgan fingerprint density at radius 1 is 1.26 bits per heavy atom. The van der Waals surface area contributed by atoms with Crippen LogP contribution >= 0.6 is 0 Å². The van der Waals surface area contributed by atoms with Gasteiger partial charge in [-0.2, -0.15) is 13.2 Å². The molecule has 23 heavy (non-hydrogen) atoms. The molecule has 0 heterocycles. The summed E-state index contributed by atoms with van der Waals surface area (Å²) in [6, 6.07) is 1.57. The first-order chi connectivity index (χ1) is 10.6. The van der Waals surface area contributed by atoms with Gasteiger partial charge in [0.25, 0.3) is 5.91 Å². The number of hydrogen-bond acceptors (Lipinski definition) is 3. The highest BCUT2D eigenvalue weighted by molar-refractivity contribution is 5.94. The van der Waals surface area contributed by atoms with E-state index in [4.69, 9.17) is 4.74 Å². The summed E-state index contributed by atoms with van der Waals surface area (Å²) in [6.45, 7) is 4.06. The van der Waals surface area contributed by atoms with Gasteiger partial charge in [-0.25, -0.2) is 4.39 Å². The van der Waals surface area contributed by atoms with Crippen LogP contribution in [0.15, 0.2) is 18.2 Å². The van der Waals surface area contributed by atoms with Crippen LogP contribution in [-0.2, 0) is 10.9 Å². The van der Waals surface area contributed by atoms with Crippen LogP contribution in [0.3, 0.4) is 0 Å².